The Hall–Kier alpha value is -2.83. The van der Waals surface area contributed by atoms with Gasteiger partial charge in [-0.05, 0) is 46.8 Å². The number of urea groups is 1. The molecule has 144 valence electrons. The number of fused-ring (bicyclic) bond motifs is 1. The number of primary amides is 1. The number of carbonyl (C=O) groups is 2. The first kappa shape index (κ1) is 18.9. The quantitative estimate of drug-likeness (QED) is 0.852. The number of nitrogens with two attached hydrogens (primary N) is 1. The Morgan fingerprint density at radius 2 is 1.74 bits per heavy atom. The summed E-state index contributed by atoms with van der Waals surface area (Å²) in [6.45, 7) is 11.2. The Morgan fingerprint density at radius 1 is 1.11 bits per heavy atom. The number of aryl methyl sites for hydroxylation is 2. The van der Waals surface area contributed by atoms with Crippen LogP contribution in [0.4, 0.5) is 4.79 Å². The molecule has 1 aliphatic rings. The second-order valence-corrected chi connectivity index (χ2v) is 8.24. The largest absolute Gasteiger partial charge is 0.365 e. The van der Waals surface area contributed by atoms with Crippen LogP contribution in [0.2, 0.25) is 0 Å². The molecule has 2 heterocycles. The highest BCUT2D eigenvalue weighted by molar-refractivity contribution is 6.00. The van der Waals surface area contributed by atoms with Crippen molar-refractivity contribution in [2.24, 2.45) is 5.73 Å². The van der Waals surface area contributed by atoms with Gasteiger partial charge >= 0.3 is 6.03 Å². The van der Waals surface area contributed by atoms with Crippen LogP contribution < -0.4 is 11.1 Å². The number of carbonyl (C=O) groups excluding carboxylic acids is 2. The van der Waals surface area contributed by atoms with E-state index in [9.17, 15) is 9.59 Å². The van der Waals surface area contributed by atoms with Gasteiger partial charge in [0.2, 0.25) is 0 Å². The van der Waals surface area contributed by atoms with Gasteiger partial charge in [0, 0.05) is 17.6 Å². The predicted octanol–water partition coefficient (Wildman–Crippen LogP) is 2.59. The molecule has 0 spiro atoms. The molecule has 0 radical (unpaired) electrons. The summed E-state index contributed by atoms with van der Waals surface area (Å²) in [6, 6.07) is 5.91. The molecular formula is C20H27N5O2. The lowest BCUT2D eigenvalue weighted by molar-refractivity contribution is 0.0997. The van der Waals surface area contributed by atoms with Crippen molar-refractivity contribution in [2.75, 3.05) is 6.54 Å². The fourth-order valence-electron chi connectivity index (χ4n) is 3.46. The number of hydrogen-bond acceptors (Lipinski definition) is 3. The fourth-order valence-corrected chi connectivity index (χ4v) is 3.46. The lowest BCUT2D eigenvalue weighted by atomic mass is 10.0. The molecule has 0 fully saturated rings. The molecule has 1 aliphatic heterocycles. The van der Waals surface area contributed by atoms with Crippen molar-refractivity contribution in [3.05, 3.63) is 40.6 Å². The van der Waals surface area contributed by atoms with Crippen molar-refractivity contribution >= 4 is 11.9 Å². The summed E-state index contributed by atoms with van der Waals surface area (Å²) in [5, 5.41) is 7.61. The molecule has 7 nitrogen and oxygen atoms in total. The van der Waals surface area contributed by atoms with Crippen LogP contribution in [0.5, 0.6) is 0 Å². The van der Waals surface area contributed by atoms with Crippen LogP contribution in [0, 0.1) is 13.8 Å². The zero-order valence-corrected chi connectivity index (χ0v) is 16.6. The van der Waals surface area contributed by atoms with Gasteiger partial charge in [-0.1, -0.05) is 17.2 Å². The smallest absolute Gasteiger partial charge is 0.318 e. The van der Waals surface area contributed by atoms with E-state index in [-0.39, 0.29) is 11.6 Å². The summed E-state index contributed by atoms with van der Waals surface area (Å²) in [5.74, 6) is -0.525. The first-order valence-corrected chi connectivity index (χ1v) is 9.10. The minimum Gasteiger partial charge on any atom is -0.365 e. The van der Waals surface area contributed by atoms with Gasteiger partial charge in [0.1, 0.15) is 5.69 Å². The summed E-state index contributed by atoms with van der Waals surface area (Å²) >= 11 is 0. The Morgan fingerprint density at radius 3 is 2.30 bits per heavy atom. The third kappa shape index (κ3) is 3.97. The number of benzene rings is 1. The summed E-state index contributed by atoms with van der Waals surface area (Å²) in [4.78, 5) is 26.5. The number of amides is 3. The molecule has 0 bridgehead atoms. The van der Waals surface area contributed by atoms with Crippen LogP contribution in [0.15, 0.2) is 18.2 Å². The molecule has 3 N–H and O–H groups in total. The molecule has 0 saturated heterocycles. The molecule has 3 amide bonds. The van der Waals surface area contributed by atoms with Crippen molar-refractivity contribution in [3.63, 3.8) is 0 Å². The van der Waals surface area contributed by atoms with Crippen LogP contribution >= 0.6 is 0 Å². The molecule has 2 aromatic rings. The lowest BCUT2D eigenvalue weighted by Crippen LogP contribution is -2.50. The van der Waals surface area contributed by atoms with Crippen molar-refractivity contribution in [3.8, 4) is 11.3 Å². The summed E-state index contributed by atoms with van der Waals surface area (Å²) in [7, 11) is 0. The van der Waals surface area contributed by atoms with Gasteiger partial charge in [-0.3, -0.25) is 9.48 Å². The zero-order chi connectivity index (χ0) is 19.9. The highest BCUT2D eigenvalue weighted by Crippen LogP contribution is 2.29. The highest BCUT2D eigenvalue weighted by Gasteiger charge is 2.30. The highest BCUT2D eigenvalue weighted by atomic mass is 16.2. The van der Waals surface area contributed by atoms with Gasteiger partial charge < -0.3 is 16.0 Å². The molecule has 0 atom stereocenters. The average Bonchev–Trinajstić information content (AvgIpc) is 2.90. The van der Waals surface area contributed by atoms with Gasteiger partial charge in [0.25, 0.3) is 5.91 Å². The Kier molecular flexibility index (Phi) is 4.71. The van der Waals surface area contributed by atoms with Gasteiger partial charge in [0.05, 0.1) is 24.3 Å². The standard InChI is InChI=1S/C20H27N5O2/c1-12-8-13(2)10-14(9-12)17-16(18(21)26)15-11-24(6-7-25(15)23-17)19(27)22-20(3,4)5/h8-10H,6-7,11H2,1-5H3,(H2,21,26)(H,22,27). The second-order valence-electron chi connectivity index (χ2n) is 8.24. The monoisotopic (exact) mass is 369 g/mol. The van der Waals surface area contributed by atoms with Crippen LogP contribution in [0.3, 0.4) is 0 Å². The molecule has 27 heavy (non-hydrogen) atoms. The van der Waals surface area contributed by atoms with E-state index in [0.717, 1.165) is 16.7 Å². The van der Waals surface area contributed by atoms with Gasteiger partial charge in [0.15, 0.2) is 0 Å². The van der Waals surface area contributed by atoms with Crippen LogP contribution in [-0.4, -0.2) is 38.7 Å². The van der Waals surface area contributed by atoms with E-state index in [2.05, 4.69) is 16.5 Å². The maximum atomic E-state index is 12.5. The topological polar surface area (TPSA) is 93.2 Å². The zero-order valence-electron chi connectivity index (χ0n) is 16.6. The minimum atomic E-state index is -0.525. The average molecular weight is 369 g/mol. The normalized spacial score (nSPS) is 14.0. The number of nitrogens with one attached hydrogen (secondary N) is 1. The van der Waals surface area contributed by atoms with Crippen molar-refractivity contribution in [1.29, 1.82) is 0 Å². The van der Waals surface area contributed by atoms with Crippen LogP contribution in [0.1, 0.15) is 48.0 Å². The van der Waals surface area contributed by atoms with E-state index < -0.39 is 5.91 Å². The van der Waals surface area contributed by atoms with E-state index in [1.165, 1.54) is 0 Å². The molecule has 0 unspecified atom stereocenters. The van der Waals surface area contributed by atoms with Crippen molar-refractivity contribution in [1.82, 2.24) is 20.0 Å². The minimum absolute atomic E-state index is 0.154. The number of aromatic nitrogens is 2. The number of hydrogen-bond donors (Lipinski definition) is 2. The van der Waals surface area contributed by atoms with E-state index in [1.807, 2.05) is 46.8 Å². The molecule has 0 saturated carbocycles. The van der Waals surface area contributed by atoms with Crippen LogP contribution in [-0.2, 0) is 13.1 Å². The van der Waals surface area contributed by atoms with E-state index in [1.54, 1.807) is 9.58 Å². The second kappa shape index (κ2) is 6.72. The molecule has 7 heteroatoms. The first-order chi connectivity index (χ1) is 12.5. The van der Waals surface area contributed by atoms with Crippen molar-refractivity contribution in [2.45, 2.75) is 53.2 Å². The molecule has 0 aliphatic carbocycles. The molecule has 3 rings (SSSR count). The van der Waals surface area contributed by atoms with E-state index >= 15 is 0 Å². The summed E-state index contributed by atoms with van der Waals surface area (Å²) in [5.41, 5.74) is 10.1. The predicted molar refractivity (Wildman–Crippen MR) is 104 cm³/mol. The first-order valence-electron chi connectivity index (χ1n) is 9.10. The maximum Gasteiger partial charge on any atom is 0.318 e. The molecular weight excluding hydrogens is 342 g/mol. The molecule has 1 aromatic carbocycles. The fraction of sp³-hybridized carbons (Fsp3) is 0.450. The SMILES string of the molecule is Cc1cc(C)cc(-c2nn3c(c2C(N)=O)CN(C(=O)NC(C)(C)C)CC3)c1. The Balaban J connectivity index is 2.00. The third-order valence-electron chi connectivity index (χ3n) is 4.49. The number of nitrogens with zero attached hydrogens (tertiary/aromatic N) is 3. The van der Waals surface area contributed by atoms with Gasteiger partial charge in [-0.2, -0.15) is 5.10 Å². The van der Waals surface area contributed by atoms with E-state index in [4.69, 9.17) is 5.73 Å². The summed E-state index contributed by atoms with van der Waals surface area (Å²) < 4.78 is 1.80. The summed E-state index contributed by atoms with van der Waals surface area (Å²) in [6.07, 6.45) is 0. The van der Waals surface area contributed by atoms with Gasteiger partial charge in [-0.25, -0.2) is 4.79 Å². The van der Waals surface area contributed by atoms with Crippen LogP contribution in [0.25, 0.3) is 11.3 Å². The van der Waals surface area contributed by atoms with Crippen molar-refractivity contribution < 1.29 is 9.59 Å². The number of rotatable bonds is 2. The Bertz CT molecular complexity index is 888. The van der Waals surface area contributed by atoms with Gasteiger partial charge in [-0.15, -0.1) is 0 Å². The molecule has 1 aromatic heterocycles. The Labute approximate surface area is 159 Å². The van der Waals surface area contributed by atoms with E-state index in [0.29, 0.717) is 36.6 Å². The maximum absolute atomic E-state index is 12.5. The lowest BCUT2D eigenvalue weighted by Gasteiger charge is -2.31. The third-order valence-corrected chi connectivity index (χ3v) is 4.49.